The van der Waals surface area contributed by atoms with E-state index < -0.39 is 6.10 Å². The van der Waals surface area contributed by atoms with Crippen LogP contribution >= 0.6 is 0 Å². The van der Waals surface area contributed by atoms with Gasteiger partial charge in [0.15, 0.2) is 0 Å². The third-order valence-electron chi connectivity index (χ3n) is 3.98. The normalized spacial score (nSPS) is 22.7. The number of para-hydroxylation sites is 2. The van der Waals surface area contributed by atoms with Crippen molar-refractivity contribution >= 4 is 16.9 Å². The van der Waals surface area contributed by atoms with Crippen LogP contribution < -0.4 is 5.32 Å². The number of rotatable bonds is 2. The minimum atomic E-state index is -0.468. The van der Waals surface area contributed by atoms with Crippen LogP contribution in [0.2, 0.25) is 0 Å². The molecule has 5 nitrogen and oxygen atoms in total. The predicted molar refractivity (Wildman–Crippen MR) is 79.9 cm³/mol. The highest BCUT2D eigenvalue weighted by atomic mass is 16.3. The monoisotopic (exact) mass is 285 g/mol. The lowest BCUT2D eigenvalue weighted by molar-refractivity contribution is 0.0814. The van der Waals surface area contributed by atoms with Crippen molar-refractivity contribution < 1.29 is 9.90 Å². The largest absolute Gasteiger partial charge is 0.391 e. The Morgan fingerprint density at radius 2 is 1.90 bits per heavy atom. The lowest BCUT2D eigenvalue weighted by Crippen LogP contribution is -2.43. The lowest BCUT2D eigenvalue weighted by Gasteiger charge is -2.21. The molecule has 5 heteroatoms. The summed E-state index contributed by atoms with van der Waals surface area (Å²) >= 11 is 0. The number of aliphatic hydroxyl groups is 1. The fourth-order valence-corrected chi connectivity index (χ4v) is 2.77. The van der Waals surface area contributed by atoms with Crippen LogP contribution in [0.25, 0.3) is 11.0 Å². The van der Waals surface area contributed by atoms with E-state index in [1.165, 1.54) is 6.20 Å². The fraction of sp³-hybridized carbons (Fsp3) is 0.438. The molecule has 1 amide bonds. The van der Waals surface area contributed by atoms with Crippen molar-refractivity contribution in [3.8, 4) is 0 Å². The van der Waals surface area contributed by atoms with Crippen LogP contribution in [-0.2, 0) is 0 Å². The lowest BCUT2D eigenvalue weighted by atomic mass is 10.1. The van der Waals surface area contributed by atoms with Gasteiger partial charge in [-0.25, -0.2) is 4.98 Å². The van der Waals surface area contributed by atoms with Crippen molar-refractivity contribution in [3.63, 3.8) is 0 Å². The number of carbonyl (C=O) groups excluding carboxylic acids is 1. The summed E-state index contributed by atoms with van der Waals surface area (Å²) in [5.41, 5.74) is 1.76. The number of hydrogen-bond acceptors (Lipinski definition) is 4. The average Bonchev–Trinajstić information content (AvgIpc) is 2.72. The van der Waals surface area contributed by atoms with Crippen LogP contribution in [0.3, 0.4) is 0 Å². The summed E-state index contributed by atoms with van der Waals surface area (Å²) in [6.07, 6.45) is 5.74. The number of nitrogens with one attached hydrogen (secondary N) is 1. The van der Waals surface area contributed by atoms with E-state index >= 15 is 0 Å². The molecule has 0 radical (unpaired) electrons. The highest BCUT2D eigenvalue weighted by Crippen LogP contribution is 2.18. The number of hydrogen-bond donors (Lipinski definition) is 2. The molecule has 2 aromatic rings. The number of aromatic nitrogens is 2. The minimum absolute atomic E-state index is 0.187. The molecule has 1 aromatic heterocycles. The number of carbonyl (C=O) groups is 1. The third kappa shape index (κ3) is 3.19. The molecule has 21 heavy (non-hydrogen) atoms. The van der Waals surface area contributed by atoms with Gasteiger partial charge in [0.05, 0.1) is 29.4 Å². The van der Waals surface area contributed by atoms with Gasteiger partial charge in [0.2, 0.25) is 0 Å². The second-order valence-electron chi connectivity index (χ2n) is 5.53. The maximum atomic E-state index is 12.3. The van der Waals surface area contributed by atoms with Crippen molar-refractivity contribution in [2.24, 2.45) is 0 Å². The van der Waals surface area contributed by atoms with Gasteiger partial charge in [0.25, 0.3) is 5.91 Å². The molecule has 1 aliphatic carbocycles. The summed E-state index contributed by atoms with van der Waals surface area (Å²) in [5.74, 6) is -0.265. The summed E-state index contributed by atoms with van der Waals surface area (Å²) in [6, 6.07) is 7.26. The molecule has 0 aliphatic heterocycles. The third-order valence-corrected chi connectivity index (χ3v) is 3.98. The Labute approximate surface area is 123 Å². The van der Waals surface area contributed by atoms with Crippen LogP contribution in [0.15, 0.2) is 30.5 Å². The molecule has 3 rings (SSSR count). The Kier molecular flexibility index (Phi) is 4.10. The predicted octanol–water partition coefficient (Wildman–Crippen LogP) is 2.05. The molecule has 1 saturated carbocycles. The minimum Gasteiger partial charge on any atom is -0.391 e. The number of aliphatic hydroxyl groups excluding tert-OH is 1. The molecule has 110 valence electrons. The van der Waals surface area contributed by atoms with Gasteiger partial charge in [0, 0.05) is 0 Å². The van der Waals surface area contributed by atoms with Crippen molar-refractivity contribution in [3.05, 3.63) is 36.2 Å². The Morgan fingerprint density at radius 1 is 1.14 bits per heavy atom. The summed E-state index contributed by atoms with van der Waals surface area (Å²) < 4.78 is 0. The first-order valence-corrected chi connectivity index (χ1v) is 7.45. The van der Waals surface area contributed by atoms with Crippen molar-refractivity contribution in [1.82, 2.24) is 15.3 Å². The standard InChI is InChI=1S/C16H19N3O2/c20-15-9-3-1-2-8-13(15)19-16(21)14-10-17-11-6-4-5-7-12(11)18-14/h4-7,10,13,15,20H,1-3,8-9H2,(H,19,21). The second kappa shape index (κ2) is 6.18. The van der Waals surface area contributed by atoms with E-state index in [1.54, 1.807) is 0 Å². The highest BCUT2D eigenvalue weighted by Gasteiger charge is 2.24. The first-order chi connectivity index (χ1) is 10.2. The first kappa shape index (κ1) is 13.9. The molecule has 1 aliphatic rings. The molecule has 0 bridgehead atoms. The second-order valence-corrected chi connectivity index (χ2v) is 5.53. The van der Waals surface area contributed by atoms with E-state index in [9.17, 15) is 9.90 Å². The summed E-state index contributed by atoms with van der Waals surface area (Å²) in [7, 11) is 0. The molecular weight excluding hydrogens is 266 g/mol. The van der Waals surface area contributed by atoms with Crippen molar-refractivity contribution in [2.45, 2.75) is 44.2 Å². The van der Waals surface area contributed by atoms with Gasteiger partial charge < -0.3 is 10.4 Å². The number of amides is 1. The van der Waals surface area contributed by atoms with Gasteiger partial charge in [-0.1, -0.05) is 31.4 Å². The quantitative estimate of drug-likeness (QED) is 0.828. The van der Waals surface area contributed by atoms with Gasteiger partial charge in [-0.2, -0.15) is 0 Å². The molecule has 2 N–H and O–H groups in total. The summed E-state index contributed by atoms with van der Waals surface area (Å²) in [5, 5.41) is 13.0. The number of nitrogens with zero attached hydrogens (tertiary/aromatic N) is 2. The van der Waals surface area contributed by atoms with Crippen molar-refractivity contribution in [2.75, 3.05) is 0 Å². The van der Waals surface area contributed by atoms with Crippen LogP contribution in [0.1, 0.15) is 42.6 Å². The van der Waals surface area contributed by atoms with Crippen molar-refractivity contribution in [1.29, 1.82) is 0 Å². The van der Waals surface area contributed by atoms with Gasteiger partial charge in [-0.15, -0.1) is 0 Å². The summed E-state index contributed by atoms with van der Waals surface area (Å²) in [6.45, 7) is 0. The SMILES string of the molecule is O=C(NC1CCCCCC1O)c1cnc2ccccc2n1. The number of fused-ring (bicyclic) bond motifs is 1. The molecule has 1 aromatic carbocycles. The average molecular weight is 285 g/mol. The molecule has 2 atom stereocenters. The zero-order valence-electron chi connectivity index (χ0n) is 11.8. The first-order valence-electron chi connectivity index (χ1n) is 7.45. The van der Waals surface area contributed by atoms with Gasteiger partial charge in [0.1, 0.15) is 5.69 Å². The van der Waals surface area contributed by atoms with E-state index in [0.717, 1.165) is 37.6 Å². The topological polar surface area (TPSA) is 75.1 Å². The Balaban J connectivity index is 1.76. The Hall–Kier alpha value is -2.01. The molecule has 1 fully saturated rings. The van der Waals surface area contributed by atoms with Crippen LogP contribution in [0.5, 0.6) is 0 Å². The number of benzene rings is 1. The van der Waals surface area contributed by atoms with E-state index in [4.69, 9.17) is 0 Å². The molecular formula is C16H19N3O2. The highest BCUT2D eigenvalue weighted by molar-refractivity contribution is 5.93. The molecule has 1 heterocycles. The van der Waals surface area contributed by atoms with Gasteiger partial charge in [-0.05, 0) is 25.0 Å². The van der Waals surface area contributed by atoms with E-state index in [1.807, 2.05) is 24.3 Å². The van der Waals surface area contributed by atoms with Crippen LogP contribution in [0.4, 0.5) is 0 Å². The fourth-order valence-electron chi connectivity index (χ4n) is 2.77. The van der Waals surface area contributed by atoms with E-state index in [2.05, 4.69) is 15.3 Å². The summed E-state index contributed by atoms with van der Waals surface area (Å²) in [4.78, 5) is 20.9. The maximum Gasteiger partial charge on any atom is 0.271 e. The molecule has 0 spiro atoms. The molecule has 0 saturated heterocycles. The maximum absolute atomic E-state index is 12.3. The Bertz CT molecular complexity index is 644. The zero-order chi connectivity index (χ0) is 14.7. The smallest absolute Gasteiger partial charge is 0.271 e. The molecule has 2 unspecified atom stereocenters. The Morgan fingerprint density at radius 3 is 2.76 bits per heavy atom. The van der Waals surface area contributed by atoms with Crippen LogP contribution in [-0.4, -0.2) is 33.1 Å². The van der Waals surface area contributed by atoms with Crippen LogP contribution in [0, 0.1) is 0 Å². The van der Waals surface area contributed by atoms with Gasteiger partial charge >= 0.3 is 0 Å². The van der Waals surface area contributed by atoms with E-state index in [-0.39, 0.29) is 11.9 Å². The van der Waals surface area contributed by atoms with E-state index in [0.29, 0.717) is 11.2 Å². The zero-order valence-corrected chi connectivity index (χ0v) is 11.8. The van der Waals surface area contributed by atoms with Gasteiger partial charge in [-0.3, -0.25) is 9.78 Å².